The molecule has 14 heavy (non-hydrogen) atoms. The highest BCUT2D eigenvalue weighted by atomic mass is 16.4. The topological polar surface area (TPSA) is 117 Å². The Bertz CT molecular complexity index is 421. The number of nitrogens with two attached hydrogens (primary N) is 1. The summed E-state index contributed by atoms with van der Waals surface area (Å²) in [4.78, 5) is 29.5. The lowest BCUT2D eigenvalue weighted by Crippen LogP contribution is -2.48. The maximum absolute atomic E-state index is 11.3. The number of hydrogen-bond donors (Lipinski definition) is 3. The zero-order chi connectivity index (χ0) is 10.3. The van der Waals surface area contributed by atoms with Crippen LogP contribution in [0.2, 0.25) is 0 Å². The summed E-state index contributed by atoms with van der Waals surface area (Å²) < 4.78 is 0. The van der Waals surface area contributed by atoms with Crippen LogP contribution in [-0.2, 0) is 9.59 Å². The molecule has 72 valence electrons. The number of carbonyl (C=O) groups is 2. The van der Waals surface area contributed by atoms with Crippen molar-refractivity contribution in [2.24, 2.45) is 21.6 Å². The van der Waals surface area contributed by atoms with Gasteiger partial charge in [0.1, 0.15) is 11.8 Å². The van der Waals surface area contributed by atoms with Crippen molar-refractivity contribution < 1.29 is 14.7 Å². The molecule has 0 aromatic rings. The number of carboxylic acids is 1. The van der Waals surface area contributed by atoms with Crippen LogP contribution >= 0.6 is 0 Å². The van der Waals surface area contributed by atoms with Gasteiger partial charge in [-0.25, -0.2) is 9.79 Å². The fraction of sp³-hybridized carbons (Fsp3) is 0.143. The molecular formula is C7H6N4O3. The van der Waals surface area contributed by atoms with E-state index in [0.29, 0.717) is 0 Å². The van der Waals surface area contributed by atoms with Gasteiger partial charge in [-0.2, -0.15) is 4.99 Å². The summed E-state index contributed by atoms with van der Waals surface area (Å²) in [5, 5.41) is 11.0. The van der Waals surface area contributed by atoms with Crippen LogP contribution < -0.4 is 11.1 Å². The SMILES string of the molecule is NC1=NC2=NC=C(C(=O)O)C2C(=O)N1. The lowest BCUT2D eigenvalue weighted by atomic mass is 9.99. The van der Waals surface area contributed by atoms with E-state index in [0.717, 1.165) is 6.20 Å². The summed E-state index contributed by atoms with van der Waals surface area (Å²) >= 11 is 0. The van der Waals surface area contributed by atoms with E-state index in [1.54, 1.807) is 0 Å². The van der Waals surface area contributed by atoms with Gasteiger partial charge in [0, 0.05) is 6.20 Å². The van der Waals surface area contributed by atoms with Crippen LogP contribution in [-0.4, -0.2) is 28.8 Å². The summed E-state index contributed by atoms with van der Waals surface area (Å²) in [6.45, 7) is 0. The molecule has 0 aliphatic carbocycles. The Morgan fingerprint density at radius 2 is 2.36 bits per heavy atom. The Morgan fingerprint density at radius 3 is 3.00 bits per heavy atom. The van der Waals surface area contributed by atoms with Crippen molar-refractivity contribution in [3.05, 3.63) is 11.8 Å². The van der Waals surface area contributed by atoms with Gasteiger partial charge in [0.2, 0.25) is 11.9 Å². The van der Waals surface area contributed by atoms with Crippen molar-refractivity contribution in [1.29, 1.82) is 0 Å². The highest BCUT2D eigenvalue weighted by Crippen LogP contribution is 2.23. The van der Waals surface area contributed by atoms with E-state index >= 15 is 0 Å². The number of carboxylic acid groups (broad SMARTS) is 1. The van der Waals surface area contributed by atoms with Crippen molar-refractivity contribution in [1.82, 2.24) is 5.32 Å². The molecule has 1 unspecified atom stereocenters. The number of rotatable bonds is 1. The first kappa shape index (κ1) is 8.42. The third kappa shape index (κ3) is 1.06. The standard InChI is InChI=1S/C7H6N4O3/c8-7-10-4-3(5(12)11-7)2(1-9-4)6(13)14/h1,3H,(H,13,14)(H3,8,9,10,11,12). The van der Waals surface area contributed by atoms with Crippen LogP contribution in [0.25, 0.3) is 0 Å². The van der Waals surface area contributed by atoms with Crippen LogP contribution in [0.1, 0.15) is 0 Å². The molecule has 0 bridgehead atoms. The summed E-state index contributed by atoms with van der Waals surface area (Å²) in [6.07, 6.45) is 1.12. The van der Waals surface area contributed by atoms with Gasteiger partial charge >= 0.3 is 5.97 Å². The first-order valence-corrected chi connectivity index (χ1v) is 3.75. The lowest BCUT2D eigenvalue weighted by Gasteiger charge is -2.17. The molecule has 0 saturated heterocycles. The van der Waals surface area contributed by atoms with Crippen LogP contribution in [0, 0.1) is 5.92 Å². The number of fused-ring (bicyclic) bond motifs is 1. The molecule has 2 aliphatic rings. The van der Waals surface area contributed by atoms with Crippen LogP contribution in [0.15, 0.2) is 21.8 Å². The molecule has 1 amide bonds. The van der Waals surface area contributed by atoms with Gasteiger partial charge in [-0.3, -0.25) is 10.1 Å². The maximum atomic E-state index is 11.3. The van der Waals surface area contributed by atoms with Gasteiger partial charge in [-0.05, 0) is 0 Å². The monoisotopic (exact) mass is 194 g/mol. The van der Waals surface area contributed by atoms with E-state index < -0.39 is 17.8 Å². The summed E-state index contributed by atoms with van der Waals surface area (Å²) in [5.74, 6) is -2.56. The molecule has 0 radical (unpaired) electrons. The predicted octanol–water partition coefficient (Wildman–Crippen LogP) is -1.57. The number of carbonyl (C=O) groups excluding carboxylic acids is 1. The molecule has 4 N–H and O–H groups in total. The second-order valence-corrected chi connectivity index (χ2v) is 2.80. The second kappa shape index (κ2) is 2.66. The minimum absolute atomic E-state index is 0.0648. The molecule has 2 aliphatic heterocycles. The number of amidine groups is 1. The van der Waals surface area contributed by atoms with Crippen molar-refractivity contribution in [3.8, 4) is 0 Å². The fourth-order valence-corrected chi connectivity index (χ4v) is 1.30. The third-order valence-electron chi connectivity index (χ3n) is 1.90. The van der Waals surface area contributed by atoms with E-state index in [9.17, 15) is 9.59 Å². The summed E-state index contributed by atoms with van der Waals surface area (Å²) in [5.41, 5.74) is 5.18. The van der Waals surface area contributed by atoms with Crippen molar-refractivity contribution >= 4 is 23.7 Å². The summed E-state index contributed by atoms with van der Waals surface area (Å²) in [7, 11) is 0. The van der Waals surface area contributed by atoms with E-state index in [-0.39, 0.29) is 17.4 Å². The number of nitrogens with one attached hydrogen (secondary N) is 1. The average Bonchev–Trinajstić information content (AvgIpc) is 2.47. The highest BCUT2D eigenvalue weighted by molar-refractivity contribution is 6.22. The van der Waals surface area contributed by atoms with Crippen LogP contribution in [0.5, 0.6) is 0 Å². The number of amides is 1. The number of guanidine groups is 1. The minimum atomic E-state index is -1.18. The van der Waals surface area contributed by atoms with Gasteiger partial charge in [-0.1, -0.05) is 0 Å². The average molecular weight is 194 g/mol. The molecule has 2 rings (SSSR count). The Hall–Kier alpha value is -2.18. The molecule has 0 aromatic heterocycles. The van der Waals surface area contributed by atoms with E-state index in [4.69, 9.17) is 10.8 Å². The molecule has 0 aromatic carbocycles. The number of aliphatic carboxylic acids is 1. The zero-order valence-electron chi connectivity index (χ0n) is 6.89. The van der Waals surface area contributed by atoms with Gasteiger partial charge in [-0.15, -0.1) is 0 Å². The molecule has 1 atom stereocenters. The highest BCUT2D eigenvalue weighted by Gasteiger charge is 2.38. The van der Waals surface area contributed by atoms with Gasteiger partial charge in [0.15, 0.2) is 0 Å². The van der Waals surface area contributed by atoms with Crippen molar-refractivity contribution in [2.75, 3.05) is 0 Å². The quantitative estimate of drug-likeness (QED) is 0.467. The first-order chi connectivity index (χ1) is 6.59. The fourth-order valence-electron chi connectivity index (χ4n) is 1.30. The summed E-state index contributed by atoms with van der Waals surface area (Å²) in [6, 6.07) is 0. The smallest absolute Gasteiger partial charge is 0.334 e. The molecule has 7 heteroatoms. The number of aliphatic imine (C=N–C) groups is 2. The van der Waals surface area contributed by atoms with Gasteiger partial charge < -0.3 is 10.8 Å². The van der Waals surface area contributed by atoms with E-state index in [2.05, 4.69) is 15.3 Å². The minimum Gasteiger partial charge on any atom is -0.478 e. The molecule has 0 saturated carbocycles. The molecule has 0 spiro atoms. The first-order valence-electron chi connectivity index (χ1n) is 3.75. The number of nitrogens with zero attached hydrogens (tertiary/aromatic N) is 2. The van der Waals surface area contributed by atoms with Crippen molar-refractivity contribution in [2.45, 2.75) is 0 Å². The lowest BCUT2D eigenvalue weighted by molar-refractivity contribution is -0.134. The Morgan fingerprint density at radius 1 is 1.64 bits per heavy atom. The molecule has 0 fully saturated rings. The van der Waals surface area contributed by atoms with Gasteiger partial charge in [0.05, 0.1) is 5.57 Å². The number of hydrogen-bond acceptors (Lipinski definition) is 5. The maximum Gasteiger partial charge on any atom is 0.334 e. The molecular weight excluding hydrogens is 188 g/mol. The Labute approximate surface area is 78.0 Å². The molecule has 2 heterocycles. The van der Waals surface area contributed by atoms with Crippen LogP contribution in [0.3, 0.4) is 0 Å². The molecule has 7 nitrogen and oxygen atoms in total. The Kier molecular flexibility index (Phi) is 1.60. The van der Waals surface area contributed by atoms with Gasteiger partial charge in [0.25, 0.3) is 0 Å². The normalized spacial score (nSPS) is 24.4. The largest absolute Gasteiger partial charge is 0.478 e. The zero-order valence-corrected chi connectivity index (χ0v) is 6.89. The van der Waals surface area contributed by atoms with Crippen LogP contribution in [0.4, 0.5) is 0 Å². The second-order valence-electron chi connectivity index (χ2n) is 2.80. The van der Waals surface area contributed by atoms with Crippen molar-refractivity contribution in [3.63, 3.8) is 0 Å². The Balaban J connectivity index is 2.40. The predicted molar refractivity (Wildman–Crippen MR) is 46.4 cm³/mol. The van der Waals surface area contributed by atoms with E-state index in [1.165, 1.54) is 0 Å². The third-order valence-corrected chi connectivity index (χ3v) is 1.90. The van der Waals surface area contributed by atoms with E-state index in [1.807, 2.05) is 0 Å².